The summed E-state index contributed by atoms with van der Waals surface area (Å²) in [6.45, 7) is 11.7. The summed E-state index contributed by atoms with van der Waals surface area (Å²) in [5.74, 6) is 0.816. The van der Waals surface area contributed by atoms with Gasteiger partial charge in [-0.1, -0.05) is 54.3 Å². The Bertz CT molecular complexity index is 1510. The summed E-state index contributed by atoms with van der Waals surface area (Å²) in [5, 5.41) is 0. The molecule has 1 aliphatic rings. The average Bonchev–Trinajstić information content (AvgIpc) is 3.17. The van der Waals surface area contributed by atoms with Gasteiger partial charge in [-0.25, -0.2) is 9.79 Å². The van der Waals surface area contributed by atoms with Crippen LogP contribution in [-0.2, 0) is 9.53 Å². The van der Waals surface area contributed by atoms with E-state index in [9.17, 15) is 9.59 Å². The zero-order chi connectivity index (χ0) is 26.5. The number of fused-ring (bicyclic) bond motifs is 1. The Morgan fingerprint density at radius 3 is 2.59 bits per heavy atom. The zero-order valence-electron chi connectivity index (χ0n) is 21.4. The fraction of sp³-hybridized carbons (Fsp3) is 0.276. The topological polar surface area (TPSA) is 79.1 Å². The van der Waals surface area contributed by atoms with Gasteiger partial charge in [-0.05, 0) is 57.5 Å². The first kappa shape index (κ1) is 26.2. The van der Waals surface area contributed by atoms with E-state index in [1.165, 1.54) is 11.3 Å². The van der Waals surface area contributed by atoms with E-state index in [-0.39, 0.29) is 18.3 Å². The van der Waals surface area contributed by atoms with Crippen LogP contribution in [0.1, 0.15) is 44.9 Å². The van der Waals surface area contributed by atoms with Crippen molar-refractivity contribution in [1.29, 1.82) is 0 Å². The minimum absolute atomic E-state index is 0.0912. The predicted molar refractivity (Wildman–Crippen MR) is 145 cm³/mol. The van der Waals surface area contributed by atoms with Crippen LogP contribution in [0.25, 0.3) is 6.08 Å². The third-order valence-electron chi connectivity index (χ3n) is 5.64. The molecular formula is C29H30N2O5S. The molecule has 0 saturated carbocycles. The Kier molecular flexibility index (Phi) is 8.08. The summed E-state index contributed by atoms with van der Waals surface area (Å²) < 4.78 is 19.1. The lowest BCUT2D eigenvalue weighted by atomic mass is 9.95. The van der Waals surface area contributed by atoms with Crippen LogP contribution in [0.2, 0.25) is 0 Å². The van der Waals surface area contributed by atoms with Crippen LogP contribution in [0.3, 0.4) is 0 Å². The third kappa shape index (κ3) is 5.59. The molecular weight excluding hydrogens is 488 g/mol. The largest absolute Gasteiger partial charge is 0.491 e. The Labute approximate surface area is 219 Å². The molecule has 3 aromatic rings. The number of ether oxygens (including phenoxy) is 3. The molecule has 0 bridgehead atoms. The van der Waals surface area contributed by atoms with Gasteiger partial charge in [0.25, 0.3) is 5.56 Å². The highest BCUT2D eigenvalue weighted by molar-refractivity contribution is 7.07. The van der Waals surface area contributed by atoms with Gasteiger partial charge in [-0.15, -0.1) is 0 Å². The molecule has 37 heavy (non-hydrogen) atoms. The van der Waals surface area contributed by atoms with Crippen molar-refractivity contribution in [3.8, 4) is 11.5 Å². The minimum Gasteiger partial charge on any atom is -0.491 e. The summed E-state index contributed by atoms with van der Waals surface area (Å²) in [4.78, 5) is 32.1. The van der Waals surface area contributed by atoms with Gasteiger partial charge in [0, 0.05) is 5.56 Å². The number of para-hydroxylation sites is 1. The Balaban J connectivity index is 1.88. The van der Waals surface area contributed by atoms with Crippen molar-refractivity contribution in [2.45, 2.75) is 39.8 Å². The van der Waals surface area contributed by atoms with E-state index in [1.54, 1.807) is 24.5 Å². The van der Waals surface area contributed by atoms with Gasteiger partial charge in [0.1, 0.15) is 24.1 Å². The molecule has 1 aromatic heterocycles. The van der Waals surface area contributed by atoms with E-state index in [4.69, 9.17) is 14.2 Å². The summed E-state index contributed by atoms with van der Waals surface area (Å²) >= 11 is 1.28. The van der Waals surface area contributed by atoms with E-state index < -0.39 is 12.0 Å². The number of thiazole rings is 1. The summed E-state index contributed by atoms with van der Waals surface area (Å²) in [6.07, 6.45) is 3.41. The third-order valence-corrected chi connectivity index (χ3v) is 6.62. The number of rotatable bonds is 9. The normalized spacial score (nSPS) is 15.3. The maximum Gasteiger partial charge on any atom is 0.338 e. The molecule has 7 nitrogen and oxygen atoms in total. The Morgan fingerprint density at radius 2 is 1.92 bits per heavy atom. The molecule has 0 aliphatic carbocycles. The van der Waals surface area contributed by atoms with E-state index in [0.717, 1.165) is 11.3 Å². The second-order valence-corrected chi connectivity index (χ2v) is 9.68. The maximum absolute atomic E-state index is 13.8. The molecule has 0 spiro atoms. The molecule has 0 saturated heterocycles. The number of nitrogens with zero attached hydrogens (tertiary/aromatic N) is 2. The number of aromatic nitrogens is 1. The highest BCUT2D eigenvalue weighted by Crippen LogP contribution is 2.36. The molecule has 0 radical (unpaired) electrons. The highest BCUT2D eigenvalue weighted by Gasteiger charge is 2.35. The molecule has 1 aliphatic heterocycles. The number of allylic oxidation sites excluding steroid dienone is 1. The van der Waals surface area contributed by atoms with Gasteiger partial charge in [0.05, 0.1) is 28.5 Å². The lowest BCUT2D eigenvalue weighted by molar-refractivity contribution is -0.139. The van der Waals surface area contributed by atoms with Gasteiger partial charge in [-0.2, -0.15) is 0 Å². The van der Waals surface area contributed by atoms with Crippen molar-refractivity contribution in [3.05, 3.63) is 103 Å². The second kappa shape index (κ2) is 11.4. The standard InChI is InChI=1S/C29H30N2O5S/c1-6-16-35-21-14-12-20(13-15-21)17-24-27(32)31-26(22-10-8-9-11-23(22)36-18(3)4)25(28(33)34-7-2)19(5)30-29(31)37-24/h6,8-15,17-18,26H,1,7,16H2,2-5H3/b24-17+/t26-/m1/s1. The molecule has 0 fully saturated rings. The van der Waals surface area contributed by atoms with E-state index in [1.807, 2.05) is 68.5 Å². The summed E-state index contributed by atoms with van der Waals surface area (Å²) in [5.41, 5.74) is 2.14. The van der Waals surface area contributed by atoms with Crippen molar-refractivity contribution in [3.63, 3.8) is 0 Å². The van der Waals surface area contributed by atoms with Gasteiger partial charge in [-0.3, -0.25) is 9.36 Å². The zero-order valence-corrected chi connectivity index (χ0v) is 22.2. The summed E-state index contributed by atoms with van der Waals surface area (Å²) in [6, 6.07) is 14.2. The van der Waals surface area contributed by atoms with Gasteiger partial charge >= 0.3 is 5.97 Å². The molecule has 0 N–H and O–H groups in total. The van der Waals surface area contributed by atoms with Crippen molar-refractivity contribution < 1.29 is 19.0 Å². The van der Waals surface area contributed by atoms with Gasteiger partial charge in [0.2, 0.25) is 0 Å². The van der Waals surface area contributed by atoms with Crippen LogP contribution >= 0.6 is 11.3 Å². The van der Waals surface area contributed by atoms with Gasteiger partial charge < -0.3 is 14.2 Å². The predicted octanol–water partition coefficient (Wildman–Crippen LogP) is 4.15. The number of benzene rings is 2. The first-order valence-electron chi connectivity index (χ1n) is 12.1. The number of esters is 1. The van der Waals surface area contributed by atoms with Crippen molar-refractivity contribution in [2.75, 3.05) is 13.2 Å². The Morgan fingerprint density at radius 1 is 1.19 bits per heavy atom. The Hall–Kier alpha value is -3.91. The molecule has 8 heteroatoms. The van der Waals surface area contributed by atoms with Crippen molar-refractivity contribution in [2.24, 2.45) is 4.99 Å². The quantitative estimate of drug-likeness (QED) is 0.314. The fourth-order valence-electron chi connectivity index (χ4n) is 4.12. The van der Waals surface area contributed by atoms with Crippen LogP contribution in [0.4, 0.5) is 0 Å². The van der Waals surface area contributed by atoms with E-state index in [0.29, 0.717) is 38.5 Å². The minimum atomic E-state index is -0.734. The van der Waals surface area contributed by atoms with Crippen molar-refractivity contribution >= 4 is 23.4 Å². The van der Waals surface area contributed by atoms with Gasteiger partial charge in [0.15, 0.2) is 4.80 Å². The van der Waals surface area contributed by atoms with E-state index in [2.05, 4.69) is 11.6 Å². The fourth-order valence-corrected chi connectivity index (χ4v) is 5.17. The van der Waals surface area contributed by atoms with Crippen LogP contribution in [0, 0.1) is 0 Å². The molecule has 2 heterocycles. The second-order valence-electron chi connectivity index (χ2n) is 8.68. The van der Waals surface area contributed by atoms with Crippen LogP contribution in [0.15, 0.2) is 82.2 Å². The molecule has 4 rings (SSSR count). The lowest BCUT2D eigenvalue weighted by Crippen LogP contribution is -2.40. The molecule has 192 valence electrons. The average molecular weight is 519 g/mol. The molecule has 0 unspecified atom stereocenters. The number of carbonyl (C=O) groups is 1. The van der Waals surface area contributed by atoms with Crippen LogP contribution in [-0.4, -0.2) is 29.9 Å². The SMILES string of the molecule is C=CCOc1ccc(/C=c2/sc3n(c2=O)[C@H](c2ccccc2OC(C)C)C(C(=O)OCC)=C(C)N=3)cc1. The van der Waals surface area contributed by atoms with Crippen LogP contribution < -0.4 is 24.4 Å². The van der Waals surface area contributed by atoms with Crippen LogP contribution in [0.5, 0.6) is 11.5 Å². The maximum atomic E-state index is 13.8. The molecule has 0 amide bonds. The number of hydrogen-bond donors (Lipinski definition) is 0. The monoisotopic (exact) mass is 518 g/mol. The first-order valence-corrected chi connectivity index (χ1v) is 12.9. The first-order chi connectivity index (χ1) is 17.8. The highest BCUT2D eigenvalue weighted by atomic mass is 32.1. The van der Waals surface area contributed by atoms with Crippen molar-refractivity contribution in [1.82, 2.24) is 4.57 Å². The molecule has 1 atom stereocenters. The summed E-state index contributed by atoms with van der Waals surface area (Å²) in [7, 11) is 0. The number of carbonyl (C=O) groups excluding carboxylic acids is 1. The lowest BCUT2D eigenvalue weighted by Gasteiger charge is -2.26. The smallest absolute Gasteiger partial charge is 0.338 e. The number of hydrogen-bond acceptors (Lipinski definition) is 7. The molecule has 2 aromatic carbocycles. The van der Waals surface area contributed by atoms with E-state index >= 15 is 0 Å².